The van der Waals surface area contributed by atoms with Gasteiger partial charge in [-0.3, -0.25) is 9.88 Å². The van der Waals surface area contributed by atoms with Gasteiger partial charge in [-0.25, -0.2) is 0 Å². The molecule has 118 valence electrons. The number of hydrogen-bond acceptors (Lipinski definition) is 4. The molecule has 0 spiro atoms. The van der Waals surface area contributed by atoms with E-state index in [4.69, 9.17) is 5.73 Å². The Kier molecular flexibility index (Phi) is 7.13. The van der Waals surface area contributed by atoms with Gasteiger partial charge in [0.25, 0.3) is 0 Å². The third-order valence-corrected chi connectivity index (χ3v) is 4.35. The van der Waals surface area contributed by atoms with E-state index in [0.717, 1.165) is 19.6 Å². The molecule has 0 unspecified atom stereocenters. The molecule has 1 aromatic heterocycles. The first-order valence-corrected chi connectivity index (χ1v) is 8.35. The fraction of sp³-hybridized carbons (Fsp3) is 0.706. The van der Waals surface area contributed by atoms with Gasteiger partial charge in [0, 0.05) is 25.8 Å². The van der Waals surface area contributed by atoms with E-state index in [1.54, 1.807) is 0 Å². The first-order chi connectivity index (χ1) is 10.3. The Morgan fingerprint density at radius 1 is 1.10 bits per heavy atom. The van der Waals surface area contributed by atoms with Crippen LogP contribution in [0, 0.1) is 6.92 Å². The van der Waals surface area contributed by atoms with Crippen LogP contribution in [0.2, 0.25) is 0 Å². The maximum atomic E-state index is 5.55. The molecule has 0 saturated carbocycles. The molecule has 2 N–H and O–H groups in total. The normalized spacial score (nSPS) is 17.8. The van der Waals surface area contributed by atoms with E-state index in [2.05, 4.69) is 27.8 Å². The topological polar surface area (TPSA) is 45.4 Å². The fourth-order valence-corrected chi connectivity index (χ4v) is 2.96. The minimum atomic E-state index is 0.831. The summed E-state index contributed by atoms with van der Waals surface area (Å²) in [6, 6.07) is 4.17. The number of pyridine rings is 1. The molecular formula is C17H30N4. The van der Waals surface area contributed by atoms with Crippen LogP contribution in [-0.4, -0.2) is 54.1 Å². The largest absolute Gasteiger partial charge is 0.330 e. The van der Waals surface area contributed by atoms with E-state index in [9.17, 15) is 0 Å². The summed E-state index contributed by atoms with van der Waals surface area (Å²) >= 11 is 0. The van der Waals surface area contributed by atoms with Crippen molar-refractivity contribution in [3.63, 3.8) is 0 Å². The van der Waals surface area contributed by atoms with E-state index in [0.29, 0.717) is 0 Å². The highest BCUT2D eigenvalue weighted by atomic mass is 15.2. The van der Waals surface area contributed by atoms with Crippen molar-refractivity contribution in [3.8, 4) is 0 Å². The molecule has 4 heteroatoms. The summed E-state index contributed by atoms with van der Waals surface area (Å²) < 4.78 is 0. The zero-order valence-electron chi connectivity index (χ0n) is 13.4. The maximum absolute atomic E-state index is 5.55. The molecule has 0 aromatic carbocycles. The van der Waals surface area contributed by atoms with E-state index in [1.165, 1.54) is 63.1 Å². The van der Waals surface area contributed by atoms with Crippen molar-refractivity contribution in [2.75, 3.05) is 39.3 Å². The van der Waals surface area contributed by atoms with Gasteiger partial charge in [-0.05, 0) is 64.0 Å². The maximum Gasteiger partial charge on any atom is 0.0573 e. The molecular weight excluding hydrogens is 260 g/mol. The van der Waals surface area contributed by atoms with Gasteiger partial charge in [-0.15, -0.1) is 0 Å². The predicted octanol–water partition coefficient (Wildman–Crippen LogP) is 2.03. The van der Waals surface area contributed by atoms with Crippen LogP contribution in [0.4, 0.5) is 0 Å². The molecule has 1 aliphatic rings. The van der Waals surface area contributed by atoms with Crippen LogP contribution in [0.1, 0.15) is 36.9 Å². The molecule has 1 aromatic rings. The molecule has 2 heterocycles. The summed E-state index contributed by atoms with van der Waals surface area (Å²) in [7, 11) is 0. The number of nitrogens with two attached hydrogens (primary N) is 1. The summed E-state index contributed by atoms with van der Waals surface area (Å²) in [6.07, 6.45) is 6.89. The predicted molar refractivity (Wildman–Crippen MR) is 88.2 cm³/mol. The second kappa shape index (κ2) is 9.13. The number of rotatable bonds is 7. The summed E-state index contributed by atoms with van der Waals surface area (Å²) in [4.78, 5) is 9.69. The second-order valence-corrected chi connectivity index (χ2v) is 6.09. The van der Waals surface area contributed by atoms with Crippen LogP contribution in [0.15, 0.2) is 18.3 Å². The quantitative estimate of drug-likeness (QED) is 0.781. The lowest BCUT2D eigenvalue weighted by Crippen LogP contribution is -2.31. The van der Waals surface area contributed by atoms with Gasteiger partial charge >= 0.3 is 0 Å². The molecule has 0 amide bonds. The zero-order valence-corrected chi connectivity index (χ0v) is 13.4. The average molecular weight is 290 g/mol. The van der Waals surface area contributed by atoms with Gasteiger partial charge in [-0.2, -0.15) is 0 Å². The number of aromatic nitrogens is 1. The van der Waals surface area contributed by atoms with Gasteiger partial charge < -0.3 is 10.6 Å². The van der Waals surface area contributed by atoms with E-state index in [1.807, 2.05) is 12.3 Å². The Morgan fingerprint density at radius 3 is 2.71 bits per heavy atom. The lowest BCUT2D eigenvalue weighted by atomic mass is 10.2. The first-order valence-electron chi connectivity index (χ1n) is 8.35. The number of nitrogens with zero attached hydrogens (tertiary/aromatic N) is 3. The van der Waals surface area contributed by atoms with Crippen molar-refractivity contribution in [1.29, 1.82) is 0 Å². The Balaban J connectivity index is 1.74. The third-order valence-electron chi connectivity index (χ3n) is 4.35. The van der Waals surface area contributed by atoms with E-state index in [-0.39, 0.29) is 0 Å². The summed E-state index contributed by atoms with van der Waals surface area (Å²) in [6.45, 7) is 9.99. The lowest BCUT2D eigenvalue weighted by molar-refractivity contribution is 0.247. The van der Waals surface area contributed by atoms with Crippen molar-refractivity contribution in [3.05, 3.63) is 29.6 Å². The van der Waals surface area contributed by atoms with Crippen LogP contribution in [0.25, 0.3) is 0 Å². The number of hydrogen-bond donors (Lipinski definition) is 1. The molecule has 1 aliphatic heterocycles. The van der Waals surface area contributed by atoms with Gasteiger partial charge in [0.05, 0.1) is 5.69 Å². The summed E-state index contributed by atoms with van der Waals surface area (Å²) in [5.74, 6) is 0. The molecule has 0 atom stereocenters. The first kappa shape index (κ1) is 16.4. The van der Waals surface area contributed by atoms with Crippen LogP contribution < -0.4 is 5.73 Å². The van der Waals surface area contributed by atoms with Gasteiger partial charge in [0.15, 0.2) is 0 Å². The SMILES string of the molecule is Cc1cccnc1CN1CCCN(CCCCCN)CC1. The molecule has 1 saturated heterocycles. The van der Waals surface area contributed by atoms with Gasteiger partial charge in [0.2, 0.25) is 0 Å². The Labute approximate surface area is 129 Å². The second-order valence-electron chi connectivity index (χ2n) is 6.09. The Bertz CT molecular complexity index is 408. The van der Waals surface area contributed by atoms with Gasteiger partial charge in [-0.1, -0.05) is 12.5 Å². The van der Waals surface area contributed by atoms with E-state index < -0.39 is 0 Å². The molecule has 1 fully saturated rings. The minimum Gasteiger partial charge on any atom is -0.330 e. The lowest BCUT2D eigenvalue weighted by Gasteiger charge is -2.22. The van der Waals surface area contributed by atoms with Gasteiger partial charge in [0.1, 0.15) is 0 Å². The van der Waals surface area contributed by atoms with Crippen molar-refractivity contribution in [1.82, 2.24) is 14.8 Å². The van der Waals surface area contributed by atoms with Crippen LogP contribution in [0.5, 0.6) is 0 Å². The zero-order chi connectivity index (χ0) is 14.9. The standard InChI is InChI=1S/C17H30N4/c1-16-7-5-9-19-17(16)15-21-12-6-11-20(13-14-21)10-4-2-3-8-18/h5,7,9H,2-4,6,8,10-15,18H2,1H3. The fourth-order valence-electron chi connectivity index (χ4n) is 2.96. The summed E-state index contributed by atoms with van der Waals surface area (Å²) in [5, 5.41) is 0. The molecule has 0 radical (unpaired) electrons. The van der Waals surface area contributed by atoms with Crippen molar-refractivity contribution in [2.24, 2.45) is 5.73 Å². The van der Waals surface area contributed by atoms with Crippen molar-refractivity contribution in [2.45, 2.75) is 39.2 Å². The van der Waals surface area contributed by atoms with Crippen molar-refractivity contribution < 1.29 is 0 Å². The summed E-state index contributed by atoms with van der Waals surface area (Å²) in [5.41, 5.74) is 8.09. The highest BCUT2D eigenvalue weighted by Crippen LogP contribution is 2.11. The third kappa shape index (κ3) is 5.73. The van der Waals surface area contributed by atoms with Crippen molar-refractivity contribution >= 4 is 0 Å². The molecule has 2 rings (SSSR count). The van der Waals surface area contributed by atoms with Crippen LogP contribution >= 0.6 is 0 Å². The molecule has 4 nitrogen and oxygen atoms in total. The number of aryl methyl sites for hydroxylation is 1. The average Bonchev–Trinajstić information content (AvgIpc) is 2.72. The highest BCUT2D eigenvalue weighted by molar-refractivity contribution is 5.17. The minimum absolute atomic E-state index is 0.831. The Hall–Kier alpha value is -0.970. The van der Waals surface area contributed by atoms with Crippen LogP contribution in [0.3, 0.4) is 0 Å². The van der Waals surface area contributed by atoms with Crippen LogP contribution in [-0.2, 0) is 6.54 Å². The molecule has 0 bridgehead atoms. The number of unbranched alkanes of at least 4 members (excludes halogenated alkanes) is 2. The Morgan fingerprint density at radius 2 is 1.90 bits per heavy atom. The molecule has 21 heavy (non-hydrogen) atoms. The smallest absolute Gasteiger partial charge is 0.0573 e. The van der Waals surface area contributed by atoms with E-state index >= 15 is 0 Å². The molecule has 0 aliphatic carbocycles. The monoisotopic (exact) mass is 290 g/mol. The highest BCUT2D eigenvalue weighted by Gasteiger charge is 2.15.